The molecule has 0 unspecified atom stereocenters. The van der Waals surface area contributed by atoms with E-state index in [1.165, 1.54) is 0 Å². The summed E-state index contributed by atoms with van der Waals surface area (Å²) in [6.45, 7) is 9.33. The molecule has 0 aliphatic carbocycles. The van der Waals surface area contributed by atoms with E-state index in [9.17, 15) is 0 Å². The standard InChI is InChI=1S/2C17H20ClN5O2.C2H2O4.Pt/c2*1-10(2)23-9-20-14-15(21-17(18)22-16(14)23)19-8-11-5-6-12(24-3)13(7-11)25-4;3-1(4)2(5)6;/h2*5-7,9-10H,8H2,1-4H3,(H,19,21,22);(H,3,4)(H,5,6);/q;;;+2/p-2. The Labute approximate surface area is 352 Å². The molecule has 0 aliphatic heterocycles. The molecule has 0 bridgehead atoms. The van der Waals surface area contributed by atoms with E-state index in [0.717, 1.165) is 11.1 Å². The number of methoxy groups -OCH3 is 4. The van der Waals surface area contributed by atoms with Gasteiger partial charge >= 0.3 is 21.1 Å². The van der Waals surface area contributed by atoms with Gasteiger partial charge < -0.3 is 58.5 Å². The summed E-state index contributed by atoms with van der Waals surface area (Å²) >= 11 is 12.2. The van der Waals surface area contributed by atoms with Gasteiger partial charge in [0.25, 0.3) is 0 Å². The number of anilines is 2. The zero-order valence-electron chi connectivity index (χ0n) is 32.1. The average molecular weight is 1010 g/mol. The SMILES string of the molecule is COc1ccc(CNc2nc(Cl)nc3c2ncn3C(C)C)cc1OC.COc1ccc(CNc2nc(Cl)nc3c2ncn3C(C)C)cc1OC.O=C([O-])C(=O)[O-].[Pt+2]. The molecule has 0 amide bonds. The number of halogens is 2. The van der Waals surface area contributed by atoms with Crippen molar-refractivity contribution in [3.05, 3.63) is 70.7 Å². The molecule has 0 spiro atoms. The number of carbonyl (C=O) groups is 2. The van der Waals surface area contributed by atoms with Gasteiger partial charge in [-0.05, 0) is 86.3 Å². The zero-order chi connectivity index (χ0) is 41.1. The van der Waals surface area contributed by atoms with E-state index in [1.54, 1.807) is 41.1 Å². The number of imidazole rings is 2. The van der Waals surface area contributed by atoms with Gasteiger partial charge in [-0.3, -0.25) is 0 Å². The predicted molar refractivity (Wildman–Crippen MR) is 205 cm³/mol. The fourth-order valence-electron chi connectivity index (χ4n) is 5.14. The van der Waals surface area contributed by atoms with Crippen LogP contribution in [0, 0.1) is 0 Å². The molecule has 2 aromatic carbocycles. The topological polar surface area (TPSA) is 228 Å². The Bertz CT molecular complexity index is 2150. The molecular formula is C36H40Cl2N10O8Pt. The number of aliphatic carboxylic acids is 2. The molecule has 0 fully saturated rings. The van der Waals surface area contributed by atoms with Gasteiger partial charge in [-0.15, -0.1) is 0 Å². The van der Waals surface area contributed by atoms with Crippen molar-refractivity contribution in [2.45, 2.75) is 52.9 Å². The summed E-state index contributed by atoms with van der Waals surface area (Å²) in [5, 5.41) is 24.8. The van der Waals surface area contributed by atoms with Crippen molar-refractivity contribution >= 4 is 69.1 Å². The second kappa shape index (κ2) is 21.2. The average Bonchev–Trinajstić information content (AvgIpc) is 3.81. The van der Waals surface area contributed by atoms with E-state index in [1.807, 2.05) is 45.5 Å². The fourth-order valence-corrected chi connectivity index (χ4v) is 5.46. The third-order valence-electron chi connectivity index (χ3n) is 7.88. The smallest absolute Gasteiger partial charge is 0.543 e. The Hall–Kier alpha value is -5.45. The number of hydrogen-bond acceptors (Lipinski definition) is 16. The maximum Gasteiger partial charge on any atom is 2.00 e. The molecule has 0 atom stereocenters. The molecule has 4 heterocycles. The van der Waals surface area contributed by atoms with Crippen LogP contribution in [0.5, 0.6) is 23.0 Å². The molecule has 21 heteroatoms. The van der Waals surface area contributed by atoms with Crippen LogP contribution in [0.15, 0.2) is 49.1 Å². The maximum atomic E-state index is 8.93. The molecule has 0 radical (unpaired) electrons. The normalized spacial score (nSPS) is 10.5. The number of rotatable bonds is 12. The number of benzene rings is 2. The first-order valence-corrected chi connectivity index (χ1v) is 17.6. The monoisotopic (exact) mass is 1010 g/mol. The third-order valence-corrected chi connectivity index (χ3v) is 8.22. The molecule has 4 aromatic heterocycles. The molecule has 0 aliphatic rings. The van der Waals surface area contributed by atoms with E-state index in [4.69, 9.17) is 62.0 Å². The van der Waals surface area contributed by atoms with E-state index in [2.05, 4.69) is 68.2 Å². The van der Waals surface area contributed by atoms with Crippen molar-refractivity contribution in [1.29, 1.82) is 0 Å². The van der Waals surface area contributed by atoms with E-state index < -0.39 is 11.9 Å². The van der Waals surface area contributed by atoms with Crippen LogP contribution in [0.1, 0.15) is 50.9 Å². The minimum Gasteiger partial charge on any atom is -0.543 e. The van der Waals surface area contributed by atoms with Gasteiger partial charge in [0.15, 0.2) is 57.0 Å². The number of nitrogens with one attached hydrogen (secondary N) is 2. The van der Waals surface area contributed by atoms with Crippen LogP contribution in [-0.2, 0) is 43.7 Å². The Morgan fingerprint density at radius 1 is 0.632 bits per heavy atom. The van der Waals surface area contributed by atoms with Crippen molar-refractivity contribution in [3.8, 4) is 23.0 Å². The number of ether oxygens (including phenoxy) is 4. The number of aromatic nitrogens is 8. The Balaban J connectivity index is 0.000000263. The van der Waals surface area contributed by atoms with Crippen LogP contribution in [0.3, 0.4) is 0 Å². The molecule has 2 N–H and O–H groups in total. The number of carboxylic acid groups (broad SMARTS) is 2. The van der Waals surface area contributed by atoms with Crippen molar-refractivity contribution in [2.75, 3.05) is 39.1 Å². The quantitative estimate of drug-likeness (QED) is 0.131. The summed E-state index contributed by atoms with van der Waals surface area (Å²) in [7, 11) is 6.45. The van der Waals surface area contributed by atoms with Crippen molar-refractivity contribution in [2.24, 2.45) is 0 Å². The molecule has 306 valence electrons. The second-order valence-corrected chi connectivity index (χ2v) is 12.9. The predicted octanol–water partition coefficient (Wildman–Crippen LogP) is 3.86. The minimum absolute atomic E-state index is 0. The molecule has 0 saturated carbocycles. The van der Waals surface area contributed by atoms with Crippen LogP contribution in [-0.4, -0.2) is 79.4 Å². The Morgan fingerprint density at radius 3 is 1.28 bits per heavy atom. The first-order chi connectivity index (χ1) is 26.7. The minimum atomic E-state index is -2.19. The summed E-state index contributed by atoms with van der Waals surface area (Å²) in [6, 6.07) is 11.9. The van der Waals surface area contributed by atoms with E-state index >= 15 is 0 Å². The molecule has 18 nitrogen and oxygen atoms in total. The van der Waals surface area contributed by atoms with Crippen LogP contribution >= 0.6 is 23.2 Å². The van der Waals surface area contributed by atoms with Crippen LogP contribution in [0.4, 0.5) is 11.6 Å². The van der Waals surface area contributed by atoms with E-state index in [0.29, 0.717) is 70.1 Å². The first kappa shape index (κ1) is 45.9. The first-order valence-electron chi connectivity index (χ1n) is 16.8. The largest absolute Gasteiger partial charge is 2.00 e. The number of fused-ring (bicyclic) bond motifs is 2. The van der Waals surface area contributed by atoms with Gasteiger partial charge in [0.2, 0.25) is 10.6 Å². The van der Waals surface area contributed by atoms with Crippen LogP contribution in [0.2, 0.25) is 10.6 Å². The summed E-state index contributed by atoms with van der Waals surface area (Å²) in [5.41, 5.74) is 4.85. The molecule has 57 heavy (non-hydrogen) atoms. The van der Waals surface area contributed by atoms with Crippen LogP contribution < -0.4 is 39.8 Å². The Morgan fingerprint density at radius 2 is 0.982 bits per heavy atom. The molecule has 6 aromatic rings. The maximum absolute atomic E-state index is 8.93. The van der Waals surface area contributed by atoms with E-state index in [-0.39, 0.29) is 43.7 Å². The van der Waals surface area contributed by atoms with Crippen LogP contribution in [0.25, 0.3) is 22.3 Å². The van der Waals surface area contributed by atoms with Crippen molar-refractivity contribution in [1.82, 2.24) is 39.0 Å². The van der Waals surface area contributed by atoms with Gasteiger partial charge in [-0.1, -0.05) is 12.1 Å². The third kappa shape index (κ3) is 11.8. The summed E-state index contributed by atoms with van der Waals surface area (Å²) in [5.74, 6) is -0.435. The number of hydrogen-bond donors (Lipinski definition) is 2. The zero-order valence-corrected chi connectivity index (χ0v) is 35.9. The van der Waals surface area contributed by atoms with Crippen molar-refractivity contribution < 1.29 is 59.8 Å². The van der Waals surface area contributed by atoms with Gasteiger partial charge in [0, 0.05) is 25.2 Å². The Kier molecular flexibility index (Phi) is 17.1. The molecule has 0 saturated heterocycles. The summed E-state index contributed by atoms with van der Waals surface area (Å²) < 4.78 is 25.1. The molecule has 6 rings (SSSR count). The summed E-state index contributed by atoms with van der Waals surface area (Å²) in [4.78, 5) is 43.9. The second-order valence-electron chi connectivity index (χ2n) is 12.2. The number of carbonyl (C=O) groups excluding carboxylic acids is 2. The molecular weight excluding hydrogens is 966 g/mol. The van der Waals surface area contributed by atoms with Gasteiger partial charge in [-0.2, -0.15) is 19.9 Å². The number of carboxylic acids is 2. The fraction of sp³-hybridized carbons (Fsp3) is 0.333. The summed E-state index contributed by atoms with van der Waals surface area (Å²) in [6.07, 6.45) is 3.50. The van der Waals surface area contributed by atoms with Crippen molar-refractivity contribution in [3.63, 3.8) is 0 Å². The van der Waals surface area contributed by atoms with Gasteiger partial charge in [0.1, 0.15) is 0 Å². The van der Waals surface area contributed by atoms with Gasteiger partial charge in [0.05, 0.1) is 53.0 Å². The van der Waals surface area contributed by atoms with Gasteiger partial charge in [-0.25, -0.2) is 9.97 Å². The number of nitrogens with zero attached hydrogens (tertiary/aromatic N) is 8.